The SMILES string of the molecule is CCCN(C(=O)C1CCN(C(=O)C(C)(C)C)CC1)C(C)c1ccccc1Br. The topological polar surface area (TPSA) is 40.6 Å². The van der Waals surface area contributed by atoms with Crippen LogP contribution in [0.5, 0.6) is 0 Å². The number of nitrogens with zero attached hydrogens (tertiary/aromatic N) is 2. The normalized spacial score (nSPS) is 16.9. The van der Waals surface area contributed by atoms with Crippen molar-refractivity contribution in [3.8, 4) is 0 Å². The number of amides is 2. The summed E-state index contributed by atoms with van der Waals surface area (Å²) in [6.07, 6.45) is 2.44. The van der Waals surface area contributed by atoms with Crippen LogP contribution in [-0.2, 0) is 9.59 Å². The second-order valence-electron chi connectivity index (χ2n) is 8.55. The molecule has 4 nitrogen and oxygen atoms in total. The molecular weight excluding hydrogens is 404 g/mol. The van der Waals surface area contributed by atoms with Gasteiger partial charge in [-0.3, -0.25) is 9.59 Å². The Balaban J connectivity index is 2.08. The van der Waals surface area contributed by atoms with E-state index in [1.165, 1.54) is 0 Å². The van der Waals surface area contributed by atoms with Crippen LogP contribution >= 0.6 is 15.9 Å². The van der Waals surface area contributed by atoms with Crippen molar-refractivity contribution in [1.29, 1.82) is 0 Å². The molecule has 1 unspecified atom stereocenters. The standard InChI is InChI=1S/C22H33BrN2O2/c1-6-13-25(16(2)18-9-7-8-10-19(18)23)20(26)17-11-14-24(15-12-17)21(27)22(3,4)5/h7-10,16-17H,6,11-15H2,1-5H3. The van der Waals surface area contributed by atoms with Crippen LogP contribution in [-0.4, -0.2) is 41.2 Å². The van der Waals surface area contributed by atoms with Crippen LogP contribution in [0, 0.1) is 11.3 Å². The van der Waals surface area contributed by atoms with E-state index in [0.717, 1.165) is 35.8 Å². The number of carbonyl (C=O) groups is 2. The number of rotatable bonds is 5. The van der Waals surface area contributed by atoms with Gasteiger partial charge in [0, 0.05) is 35.4 Å². The van der Waals surface area contributed by atoms with Gasteiger partial charge in [-0.1, -0.05) is 61.8 Å². The minimum atomic E-state index is -0.362. The summed E-state index contributed by atoms with van der Waals surface area (Å²) in [6, 6.07) is 8.14. The highest BCUT2D eigenvalue weighted by atomic mass is 79.9. The maximum Gasteiger partial charge on any atom is 0.227 e. The van der Waals surface area contributed by atoms with Crippen molar-refractivity contribution in [2.24, 2.45) is 11.3 Å². The molecule has 1 aliphatic heterocycles. The van der Waals surface area contributed by atoms with E-state index < -0.39 is 0 Å². The summed E-state index contributed by atoms with van der Waals surface area (Å²) >= 11 is 3.62. The molecule has 5 heteroatoms. The quantitative estimate of drug-likeness (QED) is 0.648. The number of halogens is 1. The minimum absolute atomic E-state index is 0.00510. The van der Waals surface area contributed by atoms with E-state index in [2.05, 4.69) is 35.8 Å². The first kappa shape index (κ1) is 21.9. The van der Waals surface area contributed by atoms with Crippen molar-refractivity contribution >= 4 is 27.7 Å². The highest BCUT2D eigenvalue weighted by Gasteiger charge is 2.35. The summed E-state index contributed by atoms with van der Waals surface area (Å²) < 4.78 is 1.04. The Hall–Kier alpha value is -1.36. The highest BCUT2D eigenvalue weighted by Crippen LogP contribution is 2.31. The number of piperidine rings is 1. The van der Waals surface area contributed by atoms with Crippen LogP contribution in [0.2, 0.25) is 0 Å². The molecular formula is C22H33BrN2O2. The van der Waals surface area contributed by atoms with E-state index in [-0.39, 0.29) is 29.2 Å². The van der Waals surface area contributed by atoms with E-state index in [4.69, 9.17) is 0 Å². The fourth-order valence-electron chi connectivity index (χ4n) is 3.76. The second kappa shape index (κ2) is 9.22. The zero-order valence-corrected chi connectivity index (χ0v) is 18.9. The largest absolute Gasteiger partial charge is 0.342 e. The Bertz CT molecular complexity index is 661. The molecule has 0 aliphatic carbocycles. The molecule has 2 amide bonds. The van der Waals surface area contributed by atoms with E-state index in [1.807, 2.05) is 48.8 Å². The number of carbonyl (C=O) groups excluding carboxylic acids is 2. The lowest BCUT2D eigenvalue weighted by atomic mass is 9.90. The monoisotopic (exact) mass is 436 g/mol. The van der Waals surface area contributed by atoms with Crippen LogP contribution in [0.1, 0.15) is 65.5 Å². The smallest absolute Gasteiger partial charge is 0.227 e. The van der Waals surface area contributed by atoms with Gasteiger partial charge in [-0.05, 0) is 37.8 Å². The Morgan fingerprint density at radius 2 is 1.81 bits per heavy atom. The molecule has 1 heterocycles. The van der Waals surface area contributed by atoms with Crippen molar-refractivity contribution in [3.63, 3.8) is 0 Å². The van der Waals surface area contributed by atoms with Crippen LogP contribution in [0.15, 0.2) is 28.7 Å². The van der Waals surface area contributed by atoms with E-state index in [9.17, 15) is 9.59 Å². The molecule has 0 spiro atoms. The predicted molar refractivity (Wildman–Crippen MR) is 113 cm³/mol. The van der Waals surface area contributed by atoms with Crippen molar-refractivity contribution in [2.45, 2.75) is 59.9 Å². The van der Waals surface area contributed by atoms with Crippen molar-refractivity contribution in [3.05, 3.63) is 34.3 Å². The maximum atomic E-state index is 13.3. The molecule has 0 radical (unpaired) electrons. The van der Waals surface area contributed by atoms with Crippen molar-refractivity contribution < 1.29 is 9.59 Å². The first-order valence-corrected chi connectivity index (χ1v) is 10.8. The first-order valence-electron chi connectivity index (χ1n) is 10.0. The summed E-state index contributed by atoms with van der Waals surface area (Å²) in [5, 5.41) is 0. The van der Waals surface area contributed by atoms with Gasteiger partial charge in [0.1, 0.15) is 0 Å². The Morgan fingerprint density at radius 3 is 2.33 bits per heavy atom. The van der Waals surface area contributed by atoms with Gasteiger partial charge in [-0.15, -0.1) is 0 Å². The summed E-state index contributed by atoms with van der Waals surface area (Å²) in [6.45, 7) is 12.2. The van der Waals surface area contributed by atoms with Crippen LogP contribution < -0.4 is 0 Å². The Morgan fingerprint density at radius 1 is 1.22 bits per heavy atom. The molecule has 0 aromatic heterocycles. The van der Waals surface area contributed by atoms with E-state index in [0.29, 0.717) is 13.1 Å². The van der Waals surface area contributed by atoms with Crippen LogP contribution in [0.25, 0.3) is 0 Å². The third-order valence-corrected chi connectivity index (χ3v) is 6.07. The fourth-order valence-corrected chi connectivity index (χ4v) is 4.37. The summed E-state index contributed by atoms with van der Waals surface area (Å²) in [7, 11) is 0. The van der Waals surface area contributed by atoms with Gasteiger partial charge >= 0.3 is 0 Å². The zero-order chi connectivity index (χ0) is 20.2. The van der Waals surface area contributed by atoms with Gasteiger partial charge in [-0.2, -0.15) is 0 Å². The van der Waals surface area contributed by atoms with Crippen LogP contribution in [0.4, 0.5) is 0 Å². The number of hydrogen-bond acceptors (Lipinski definition) is 2. The minimum Gasteiger partial charge on any atom is -0.342 e. The second-order valence-corrected chi connectivity index (χ2v) is 9.40. The number of hydrogen-bond donors (Lipinski definition) is 0. The average Bonchev–Trinajstić information content (AvgIpc) is 2.64. The maximum absolute atomic E-state index is 13.3. The average molecular weight is 437 g/mol. The molecule has 0 saturated carbocycles. The molecule has 1 aliphatic rings. The zero-order valence-electron chi connectivity index (χ0n) is 17.3. The van der Waals surface area contributed by atoms with Crippen molar-refractivity contribution in [2.75, 3.05) is 19.6 Å². The van der Waals surface area contributed by atoms with Gasteiger partial charge < -0.3 is 9.80 Å². The van der Waals surface area contributed by atoms with Gasteiger partial charge in [0.15, 0.2) is 0 Å². The molecule has 1 atom stereocenters. The molecule has 27 heavy (non-hydrogen) atoms. The predicted octanol–water partition coefficient (Wildman–Crippen LogP) is 5.03. The number of benzene rings is 1. The van der Waals surface area contributed by atoms with Gasteiger partial charge in [0.05, 0.1) is 6.04 Å². The third kappa shape index (κ3) is 5.34. The first-order chi connectivity index (χ1) is 12.7. The fraction of sp³-hybridized carbons (Fsp3) is 0.636. The third-order valence-electron chi connectivity index (χ3n) is 5.34. The lowest BCUT2D eigenvalue weighted by Crippen LogP contribution is -2.47. The summed E-state index contributed by atoms with van der Waals surface area (Å²) in [5.41, 5.74) is 0.777. The van der Waals surface area contributed by atoms with Gasteiger partial charge in [-0.25, -0.2) is 0 Å². The Labute approximate surface area is 172 Å². The molecule has 150 valence electrons. The van der Waals surface area contributed by atoms with Crippen LogP contribution in [0.3, 0.4) is 0 Å². The molecule has 2 rings (SSSR count). The van der Waals surface area contributed by atoms with Crippen molar-refractivity contribution in [1.82, 2.24) is 9.80 Å². The number of likely N-dealkylation sites (tertiary alicyclic amines) is 1. The van der Waals surface area contributed by atoms with Gasteiger partial charge in [0.2, 0.25) is 11.8 Å². The highest BCUT2D eigenvalue weighted by molar-refractivity contribution is 9.10. The molecule has 0 bridgehead atoms. The lowest BCUT2D eigenvalue weighted by Gasteiger charge is -2.38. The lowest BCUT2D eigenvalue weighted by molar-refractivity contribution is -0.145. The Kier molecular flexibility index (Phi) is 7.49. The molecule has 1 saturated heterocycles. The molecule has 0 N–H and O–H groups in total. The molecule has 1 aromatic rings. The molecule has 1 fully saturated rings. The summed E-state index contributed by atoms with van der Waals surface area (Å²) in [5.74, 6) is 0.411. The van der Waals surface area contributed by atoms with E-state index >= 15 is 0 Å². The molecule has 1 aromatic carbocycles. The summed E-state index contributed by atoms with van der Waals surface area (Å²) in [4.78, 5) is 29.7. The van der Waals surface area contributed by atoms with Gasteiger partial charge in [0.25, 0.3) is 0 Å². The van der Waals surface area contributed by atoms with E-state index in [1.54, 1.807) is 0 Å².